The summed E-state index contributed by atoms with van der Waals surface area (Å²) < 4.78 is 8.32. The summed E-state index contributed by atoms with van der Waals surface area (Å²) in [6.45, 7) is 1.06. The molecule has 134 valence electrons. The number of imidazole rings is 1. The van der Waals surface area contributed by atoms with E-state index in [4.69, 9.17) is 4.74 Å². The van der Waals surface area contributed by atoms with E-state index in [0.29, 0.717) is 36.6 Å². The minimum Gasteiger partial charge on any atom is -0.481 e. The number of nitrogens with zero attached hydrogens (tertiary/aromatic N) is 5. The molecule has 4 rings (SSSR count). The van der Waals surface area contributed by atoms with Gasteiger partial charge < -0.3 is 9.64 Å². The van der Waals surface area contributed by atoms with Gasteiger partial charge in [-0.25, -0.2) is 14.8 Å². The minimum absolute atomic E-state index is 0.0868. The molecule has 1 aliphatic heterocycles. The number of amides is 1. The van der Waals surface area contributed by atoms with E-state index in [9.17, 15) is 9.59 Å². The van der Waals surface area contributed by atoms with Crippen LogP contribution < -0.4 is 10.4 Å². The molecule has 26 heavy (non-hydrogen) atoms. The third-order valence-corrected chi connectivity index (χ3v) is 4.86. The summed E-state index contributed by atoms with van der Waals surface area (Å²) in [7, 11) is 3.27. The maximum Gasteiger partial charge on any atom is 0.330 e. The number of rotatable bonds is 3. The SMILES string of the molecule is COc1ccc(C(=O)N2CC[C@@H](n3c(=O)n(C)c4cccnc43)C2)cn1. The quantitative estimate of drug-likeness (QED) is 0.707. The van der Waals surface area contributed by atoms with Crippen molar-refractivity contribution in [2.45, 2.75) is 12.5 Å². The van der Waals surface area contributed by atoms with E-state index >= 15 is 0 Å². The molecule has 0 unspecified atom stereocenters. The van der Waals surface area contributed by atoms with Crippen LogP contribution in [0.5, 0.6) is 5.88 Å². The summed E-state index contributed by atoms with van der Waals surface area (Å²) in [5.74, 6) is 0.373. The van der Waals surface area contributed by atoms with Crippen LogP contribution in [0.1, 0.15) is 22.8 Å². The molecule has 8 heteroatoms. The first-order valence-electron chi connectivity index (χ1n) is 8.41. The Hall–Kier alpha value is -3.16. The Bertz CT molecular complexity index is 1020. The topological polar surface area (TPSA) is 82.2 Å². The fourth-order valence-electron chi connectivity index (χ4n) is 3.47. The van der Waals surface area contributed by atoms with Gasteiger partial charge in [0.1, 0.15) is 0 Å². The fourth-order valence-corrected chi connectivity index (χ4v) is 3.47. The molecule has 1 fully saturated rings. The number of aromatic nitrogens is 4. The lowest BCUT2D eigenvalue weighted by Gasteiger charge is -2.17. The first kappa shape index (κ1) is 16.3. The molecule has 0 aliphatic carbocycles. The highest BCUT2D eigenvalue weighted by atomic mass is 16.5. The second kappa shape index (κ2) is 6.29. The van der Waals surface area contributed by atoms with Crippen molar-refractivity contribution in [3.05, 3.63) is 52.7 Å². The second-order valence-electron chi connectivity index (χ2n) is 6.34. The van der Waals surface area contributed by atoms with Gasteiger partial charge in [-0.3, -0.25) is 13.9 Å². The van der Waals surface area contributed by atoms with Gasteiger partial charge in [-0.05, 0) is 24.6 Å². The van der Waals surface area contributed by atoms with E-state index in [0.717, 1.165) is 5.52 Å². The molecule has 4 heterocycles. The molecule has 8 nitrogen and oxygen atoms in total. The van der Waals surface area contributed by atoms with Gasteiger partial charge in [0.25, 0.3) is 5.91 Å². The van der Waals surface area contributed by atoms with Gasteiger partial charge in [-0.1, -0.05) is 0 Å². The van der Waals surface area contributed by atoms with Crippen molar-refractivity contribution in [3.63, 3.8) is 0 Å². The van der Waals surface area contributed by atoms with Gasteiger partial charge in [-0.2, -0.15) is 0 Å². The highest BCUT2D eigenvalue weighted by Crippen LogP contribution is 2.25. The summed E-state index contributed by atoms with van der Waals surface area (Å²) >= 11 is 0. The van der Waals surface area contributed by atoms with Gasteiger partial charge >= 0.3 is 5.69 Å². The van der Waals surface area contributed by atoms with Gasteiger partial charge in [-0.15, -0.1) is 0 Å². The van der Waals surface area contributed by atoms with Crippen molar-refractivity contribution in [1.82, 2.24) is 24.0 Å². The van der Waals surface area contributed by atoms with E-state index in [1.165, 1.54) is 13.3 Å². The molecule has 1 atom stereocenters. The summed E-state index contributed by atoms with van der Waals surface area (Å²) in [5, 5.41) is 0. The number of hydrogen-bond acceptors (Lipinski definition) is 5. The lowest BCUT2D eigenvalue weighted by Crippen LogP contribution is -2.31. The zero-order valence-corrected chi connectivity index (χ0v) is 14.6. The molecule has 0 spiro atoms. The van der Waals surface area contributed by atoms with Crippen molar-refractivity contribution in [2.75, 3.05) is 20.2 Å². The van der Waals surface area contributed by atoms with Crippen LogP contribution in [-0.4, -0.2) is 50.1 Å². The third kappa shape index (κ3) is 2.54. The Morgan fingerprint density at radius 3 is 2.85 bits per heavy atom. The van der Waals surface area contributed by atoms with Crippen molar-refractivity contribution in [2.24, 2.45) is 7.05 Å². The molecule has 0 N–H and O–H groups in total. The minimum atomic E-state index is -0.107. The highest BCUT2D eigenvalue weighted by molar-refractivity contribution is 5.94. The average Bonchev–Trinajstić information content (AvgIpc) is 3.25. The number of fused-ring (bicyclic) bond motifs is 1. The fraction of sp³-hybridized carbons (Fsp3) is 0.333. The number of carbonyl (C=O) groups excluding carboxylic acids is 1. The van der Waals surface area contributed by atoms with Crippen LogP contribution in [0.2, 0.25) is 0 Å². The monoisotopic (exact) mass is 353 g/mol. The van der Waals surface area contributed by atoms with Crippen LogP contribution in [0.4, 0.5) is 0 Å². The zero-order valence-electron chi connectivity index (χ0n) is 14.6. The molecule has 1 amide bonds. The van der Waals surface area contributed by atoms with E-state index in [1.807, 2.05) is 12.1 Å². The van der Waals surface area contributed by atoms with Gasteiger partial charge in [0, 0.05) is 38.6 Å². The van der Waals surface area contributed by atoms with Crippen LogP contribution in [0.3, 0.4) is 0 Å². The number of hydrogen-bond donors (Lipinski definition) is 0. The largest absolute Gasteiger partial charge is 0.481 e. The lowest BCUT2D eigenvalue weighted by atomic mass is 10.2. The Morgan fingerprint density at radius 1 is 1.27 bits per heavy atom. The maximum absolute atomic E-state index is 12.7. The number of ether oxygens (including phenoxy) is 1. The highest BCUT2D eigenvalue weighted by Gasteiger charge is 2.31. The Kier molecular flexibility index (Phi) is 3.95. The molecule has 3 aromatic rings. The van der Waals surface area contributed by atoms with E-state index in [1.54, 1.807) is 39.4 Å². The molecule has 1 aliphatic rings. The predicted molar refractivity (Wildman–Crippen MR) is 95.3 cm³/mol. The van der Waals surface area contributed by atoms with Crippen molar-refractivity contribution in [1.29, 1.82) is 0 Å². The molecule has 3 aromatic heterocycles. The van der Waals surface area contributed by atoms with Crippen molar-refractivity contribution >= 4 is 17.1 Å². The third-order valence-electron chi connectivity index (χ3n) is 4.86. The Morgan fingerprint density at radius 2 is 2.12 bits per heavy atom. The van der Waals surface area contributed by atoms with Gasteiger partial charge in [0.15, 0.2) is 5.65 Å². The summed E-state index contributed by atoms with van der Waals surface area (Å²) in [6, 6.07) is 6.97. The number of pyridine rings is 2. The summed E-state index contributed by atoms with van der Waals surface area (Å²) in [6.07, 6.45) is 3.91. The summed E-state index contributed by atoms with van der Waals surface area (Å²) in [4.78, 5) is 35.6. The second-order valence-corrected chi connectivity index (χ2v) is 6.34. The summed E-state index contributed by atoms with van der Waals surface area (Å²) in [5.41, 5.74) is 1.85. The Labute approximate surface area is 149 Å². The molecule has 0 saturated carbocycles. The lowest BCUT2D eigenvalue weighted by molar-refractivity contribution is 0.0787. The van der Waals surface area contributed by atoms with Crippen LogP contribution in [0, 0.1) is 0 Å². The normalized spacial score (nSPS) is 17.0. The molecule has 0 radical (unpaired) electrons. The first-order chi connectivity index (χ1) is 12.6. The first-order valence-corrected chi connectivity index (χ1v) is 8.41. The van der Waals surface area contributed by atoms with Crippen molar-refractivity contribution in [3.8, 4) is 5.88 Å². The number of methoxy groups -OCH3 is 1. The van der Waals surface area contributed by atoms with Gasteiger partial charge in [0.2, 0.25) is 5.88 Å². The molecular weight excluding hydrogens is 334 g/mol. The smallest absolute Gasteiger partial charge is 0.330 e. The van der Waals surface area contributed by atoms with Crippen LogP contribution >= 0.6 is 0 Å². The van der Waals surface area contributed by atoms with Crippen molar-refractivity contribution < 1.29 is 9.53 Å². The number of aryl methyl sites for hydroxylation is 1. The zero-order chi connectivity index (χ0) is 18.3. The van der Waals surface area contributed by atoms with Crippen LogP contribution in [-0.2, 0) is 7.05 Å². The Balaban J connectivity index is 1.60. The number of carbonyl (C=O) groups is 1. The average molecular weight is 353 g/mol. The maximum atomic E-state index is 12.7. The molecule has 0 aromatic carbocycles. The van der Waals surface area contributed by atoms with Gasteiger partial charge in [0.05, 0.1) is 24.2 Å². The number of likely N-dealkylation sites (tertiary alicyclic amines) is 1. The van der Waals surface area contributed by atoms with E-state index in [-0.39, 0.29) is 17.6 Å². The van der Waals surface area contributed by atoms with Crippen LogP contribution in [0.25, 0.3) is 11.2 Å². The predicted octanol–water partition coefficient (Wildman–Crippen LogP) is 1.23. The molecule has 1 saturated heterocycles. The van der Waals surface area contributed by atoms with E-state index < -0.39 is 0 Å². The standard InChI is InChI=1S/C18H19N5O3/c1-21-14-4-3-8-19-16(14)23(18(21)25)13-7-9-22(11-13)17(24)12-5-6-15(26-2)20-10-12/h3-6,8,10,13H,7,9,11H2,1-2H3/t13-/m1/s1. The van der Waals surface area contributed by atoms with Crippen LogP contribution in [0.15, 0.2) is 41.5 Å². The van der Waals surface area contributed by atoms with E-state index in [2.05, 4.69) is 9.97 Å². The molecule has 0 bridgehead atoms. The molecular formula is C18H19N5O3.